The normalized spacial score (nSPS) is 13.1. The molecule has 0 nitrogen and oxygen atoms in total. The van der Waals surface area contributed by atoms with Crippen molar-refractivity contribution in [2.24, 2.45) is 0 Å². The minimum atomic E-state index is 1.06. The van der Waals surface area contributed by atoms with E-state index in [1.807, 2.05) is 26.0 Å². The summed E-state index contributed by atoms with van der Waals surface area (Å²) >= 11 is 0. The maximum Gasteiger partial charge on any atom is -0.0307 e. The van der Waals surface area contributed by atoms with E-state index in [0.29, 0.717) is 0 Å². The van der Waals surface area contributed by atoms with Crippen LogP contribution < -0.4 is 0 Å². The van der Waals surface area contributed by atoms with Crippen molar-refractivity contribution >= 4 is 0 Å². The van der Waals surface area contributed by atoms with Gasteiger partial charge in [-0.05, 0) is 25.8 Å². The molecular weight excluding hydrogens is 144 g/mol. The molecule has 0 heteroatoms. The summed E-state index contributed by atoms with van der Waals surface area (Å²) in [6.45, 7) is 9.98. The second-order valence-corrected chi connectivity index (χ2v) is 2.80. The van der Waals surface area contributed by atoms with Crippen molar-refractivity contribution in [2.75, 3.05) is 0 Å². The van der Waals surface area contributed by atoms with E-state index in [9.17, 15) is 0 Å². The average molecular weight is 162 g/mol. The van der Waals surface area contributed by atoms with Gasteiger partial charge >= 0.3 is 0 Å². The van der Waals surface area contributed by atoms with Crippen molar-refractivity contribution in [3.63, 3.8) is 0 Å². The van der Waals surface area contributed by atoms with Crippen LogP contribution in [0, 0.1) is 0 Å². The van der Waals surface area contributed by atoms with Gasteiger partial charge in [-0.2, -0.15) is 0 Å². The van der Waals surface area contributed by atoms with Gasteiger partial charge in [0.25, 0.3) is 0 Å². The Bertz CT molecular complexity index is 214. The van der Waals surface area contributed by atoms with Crippen LogP contribution in [-0.4, -0.2) is 0 Å². The third-order valence-corrected chi connectivity index (χ3v) is 1.49. The smallest absolute Gasteiger partial charge is 0.0307 e. The number of hydrogen-bond acceptors (Lipinski definition) is 0. The van der Waals surface area contributed by atoms with Gasteiger partial charge in [0.1, 0.15) is 0 Å². The molecule has 0 aromatic rings. The van der Waals surface area contributed by atoms with Crippen molar-refractivity contribution in [1.82, 2.24) is 0 Å². The van der Waals surface area contributed by atoms with E-state index >= 15 is 0 Å². The van der Waals surface area contributed by atoms with Crippen LogP contribution in [0.2, 0.25) is 0 Å². The molecule has 0 rings (SSSR count). The lowest BCUT2D eigenvalue weighted by atomic mass is 10.1. The van der Waals surface area contributed by atoms with Crippen molar-refractivity contribution in [3.8, 4) is 0 Å². The highest BCUT2D eigenvalue weighted by molar-refractivity contribution is 5.27. The molecule has 0 radical (unpaired) electrons. The first-order chi connectivity index (χ1) is 5.70. The predicted octanol–water partition coefficient (Wildman–Crippen LogP) is 4.03. The lowest BCUT2D eigenvalue weighted by Crippen LogP contribution is -1.73. The van der Waals surface area contributed by atoms with E-state index in [1.54, 1.807) is 0 Å². The van der Waals surface area contributed by atoms with Crippen LogP contribution in [0.3, 0.4) is 0 Å². The molecule has 0 unspecified atom stereocenters. The fourth-order valence-corrected chi connectivity index (χ4v) is 0.760. The molecular formula is C12H18. The molecule has 0 aliphatic carbocycles. The van der Waals surface area contributed by atoms with Crippen LogP contribution in [0.25, 0.3) is 0 Å². The largest absolute Gasteiger partial charge is 0.0961 e. The van der Waals surface area contributed by atoms with E-state index in [0.717, 1.165) is 12.0 Å². The van der Waals surface area contributed by atoms with Crippen LogP contribution in [0.4, 0.5) is 0 Å². The minimum Gasteiger partial charge on any atom is -0.0961 e. The Labute approximate surface area is 76.0 Å². The average Bonchev–Trinajstić information content (AvgIpc) is 2.05. The summed E-state index contributed by atoms with van der Waals surface area (Å²) < 4.78 is 0. The van der Waals surface area contributed by atoms with E-state index in [2.05, 4.69) is 31.7 Å². The molecule has 0 aromatic heterocycles. The third-order valence-electron chi connectivity index (χ3n) is 1.49. The van der Waals surface area contributed by atoms with Gasteiger partial charge in [0.15, 0.2) is 0 Å². The molecule has 0 atom stereocenters. The van der Waals surface area contributed by atoms with Gasteiger partial charge in [-0.1, -0.05) is 49.5 Å². The van der Waals surface area contributed by atoms with Crippen molar-refractivity contribution in [1.29, 1.82) is 0 Å². The Morgan fingerprint density at radius 1 is 1.33 bits per heavy atom. The maximum atomic E-state index is 3.81. The van der Waals surface area contributed by atoms with Crippen LogP contribution in [0.1, 0.15) is 27.2 Å². The van der Waals surface area contributed by atoms with Crippen LogP contribution in [0.15, 0.2) is 48.1 Å². The van der Waals surface area contributed by atoms with Gasteiger partial charge in [0, 0.05) is 0 Å². The SMILES string of the molecule is C=C(C)/C=C/C(=C/C=C\C)CC. The monoisotopic (exact) mass is 162 g/mol. The Morgan fingerprint density at radius 2 is 2.00 bits per heavy atom. The molecule has 0 bridgehead atoms. The first kappa shape index (κ1) is 11.0. The van der Waals surface area contributed by atoms with Crippen LogP contribution in [-0.2, 0) is 0 Å². The second kappa shape index (κ2) is 6.66. The quantitative estimate of drug-likeness (QED) is 0.547. The lowest BCUT2D eigenvalue weighted by Gasteiger charge is -1.93. The molecule has 0 heterocycles. The van der Waals surface area contributed by atoms with Crippen LogP contribution in [0.5, 0.6) is 0 Å². The third kappa shape index (κ3) is 5.72. The van der Waals surface area contributed by atoms with Gasteiger partial charge in [0.05, 0.1) is 0 Å². The summed E-state index contributed by atoms with van der Waals surface area (Å²) in [5, 5.41) is 0. The van der Waals surface area contributed by atoms with Gasteiger partial charge in [-0.3, -0.25) is 0 Å². The Hall–Kier alpha value is -1.04. The highest BCUT2D eigenvalue weighted by atomic mass is 13.9. The first-order valence-corrected chi connectivity index (χ1v) is 4.36. The van der Waals surface area contributed by atoms with E-state index < -0.39 is 0 Å². The Kier molecular flexibility index (Phi) is 6.08. The zero-order chi connectivity index (χ0) is 9.40. The van der Waals surface area contributed by atoms with Gasteiger partial charge in [-0.25, -0.2) is 0 Å². The van der Waals surface area contributed by atoms with E-state index in [1.165, 1.54) is 5.57 Å². The molecule has 0 saturated heterocycles. The second-order valence-electron chi connectivity index (χ2n) is 2.80. The summed E-state index contributed by atoms with van der Waals surface area (Å²) in [6.07, 6.45) is 11.4. The summed E-state index contributed by atoms with van der Waals surface area (Å²) in [5.41, 5.74) is 2.42. The number of rotatable bonds is 4. The summed E-state index contributed by atoms with van der Waals surface area (Å²) in [4.78, 5) is 0. The Balaban J connectivity index is 4.26. The highest BCUT2D eigenvalue weighted by Gasteiger charge is 1.84. The molecule has 66 valence electrons. The van der Waals surface area contributed by atoms with Gasteiger partial charge < -0.3 is 0 Å². The molecule has 0 spiro atoms. The molecule has 0 aliphatic heterocycles. The molecule has 0 aromatic carbocycles. The summed E-state index contributed by atoms with van der Waals surface area (Å²) in [6, 6.07) is 0. The fraction of sp³-hybridized carbons (Fsp3) is 0.333. The molecule has 0 amide bonds. The fourth-order valence-electron chi connectivity index (χ4n) is 0.760. The summed E-state index contributed by atoms with van der Waals surface area (Å²) in [7, 11) is 0. The number of allylic oxidation sites excluding steroid dienone is 7. The summed E-state index contributed by atoms with van der Waals surface area (Å²) in [5.74, 6) is 0. The zero-order valence-corrected chi connectivity index (χ0v) is 8.30. The highest BCUT2D eigenvalue weighted by Crippen LogP contribution is 2.04. The van der Waals surface area contributed by atoms with Gasteiger partial charge in [0.2, 0.25) is 0 Å². The molecule has 12 heavy (non-hydrogen) atoms. The first-order valence-electron chi connectivity index (χ1n) is 4.36. The molecule has 0 saturated carbocycles. The minimum absolute atomic E-state index is 1.06. The van der Waals surface area contributed by atoms with E-state index in [-0.39, 0.29) is 0 Å². The Morgan fingerprint density at radius 3 is 2.42 bits per heavy atom. The van der Waals surface area contributed by atoms with E-state index in [4.69, 9.17) is 0 Å². The lowest BCUT2D eigenvalue weighted by molar-refractivity contribution is 1.15. The zero-order valence-electron chi connectivity index (χ0n) is 8.30. The number of hydrogen-bond donors (Lipinski definition) is 0. The van der Waals surface area contributed by atoms with Gasteiger partial charge in [-0.15, -0.1) is 0 Å². The van der Waals surface area contributed by atoms with Crippen molar-refractivity contribution in [2.45, 2.75) is 27.2 Å². The molecule has 0 N–H and O–H groups in total. The molecule has 0 aliphatic rings. The van der Waals surface area contributed by atoms with Crippen molar-refractivity contribution < 1.29 is 0 Å². The predicted molar refractivity (Wildman–Crippen MR) is 57.1 cm³/mol. The van der Waals surface area contributed by atoms with Crippen molar-refractivity contribution in [3.05, 3.63) is 48.1 Å². The standard InChI is InChI=1S/C12H18/c1-5-7-8-12(6-2)10-9-11(3)4/h5,7-10H,3,6H2,1-2,4H3/b7-5-,10-9+,12-8+. The maximum absolute atomic E-state index is 3.81. The molecule has 0 fully saturated rings. The topological polar surface area (TPSA) is 0 Å². The van der Waals surface area contributed by atoms with Crippen LogP contribution >= 0.6 is 0 Å².